The van der Waals surface area contributed by atoms with Crippen LogP contribution in [0.15, 0.2) is 0 Å². The zero-order chi connectivity index (χ0) is 12.4. The average Bonchev–Trinajstić information content (AvgIpc) is 2.54. The molecule has 3 saturated carbocycles. The number of nitrogens with one attached hydrogen (secondary N) is 1. The van der Waals surface area contributed by atoms with E-state index in [0.29, 0.717) is 11.5 Å². The fourth-order valence-corrected chi connectivity index (χ4v) is 4.40. The minimum atomic E-state index is 0.544. The second-order valence-electron chi connectivity index (χ2n) is 6.67. The summed E-state index contributed by atoms with van der Waals surface area (Å²) >= 11 is 0. The highest BCUT2D eigenvalue weighted by Crippen LogP contribution is 2.57. The Labute approximate surface area is 112 Å². The average molecular weight is 251 g/mol. The maximum absolute atomic E-state index is 5.94. The summed E-state index contributed by atoms with van der Waals surface area (Å²) < 4.78 is 5.94. The third-order valence-corrected chi connectivity index (χ3v) is 5.73. The lowest BCUT2D eigenvalue weighted by molar-refractivity contribution is -0.175. The van der Waals surface area contributed by atoms with Gasteiger partial charge in [-0.1, -0.05) is 32.1 Å². The number of rotatable bonds is 4. The van der Waals surface area contributed by atoms with Crippen molar-refractivity contribution in [3.8, 4) is 0 Å². The Morgan fingerprint density at radius 2 is 1.78 bits per heavy atom. The number of ether oxygens (including phenoxy) is 1. The standard InChI is InChI=1S/C16H29NO/c1-2-18-15-12-14(16(15)10-7-11-16)17-13-8-5-3-4-6-9-13/h13-15,17H,2-12H2,1H3. The highest BCUT2D eigenvalue weighted by molar-refractivity contribution is 5.12. The van der Waals surface area contributed by atoms with E-state index in [-0.39, 0.29) is 0 Å². The Morgan fingerprint density at radius 3 is 2.33 bits per heavy atom. The van der Waals surface area contributed by atoms with Gasteiger partial charge in [-0.05, 0) is 39.0 Å². The van der Waals surface area contributed by atoms with Crippen LogP contribution in [0.5, 0.6) is 0 Å². The van der Waals surface area contributed by atoms with Crippen molar-refractivity contribution in [1.29, 1.82) is 0 Å². The van der Waals surface area contributed by atoms with E-state index in [4.69, 9.17) is 4.74 Å². The second kappa shape index (κ2) is 5.50. The van der Waals surface area contributed by atoms with Gasteiger partial charge in [-0.25, -0.2) is 0 Å². The van der Waals surface area contributed by atoms with Gasteiger partial charge in [0.1, 0.15) is 0 Å². The van der Waals surface area contributed by atoms with Crippen LogP contribution >= 0.6 is 0 Å². The minimum absolute atomic E-state index is 0.544. The van der Waals surface area contributed by atoms with Crippen molar-refractivity contribution in [2.45, 2.75) is 89.3 Å². The summed E-state index contributed by atoms with van der Waals surface area (Å²) in [7, 11) is 0. The zero-order valence-corrected chi connectivity index (χ0v) is 11.9. The minimum Gasteiger partial charge on any atom is -0.378 e. The second-order valence-corrected chi connectivity index (χ2v) is 6.67. The summed E-state index contributed by atoms with van der Waals surface area (Å²) in [5.41, 5.74) is 0.544. The smallest absolute Gasteiger partial charge is 0.0661 e. The molecule has 0 aliphatic heterocycles. The third kappa shape index (κ3) is 2.22. The Kier molecular flexibility index (Phi) is 3.95. The maximum Gasteiger partial charge on any atom is 0.0661 e. The lowest BCUT2D eigenvalue weighted by Crippen LogP contribution is -2.68. The summed E-state index contributed by atoms with van der Waals surface area (Å²) in [5.74, 6) is 0. The predicted molar refractivity (Wildman–Crippen MR) is 74.7 cm³/mol. The first kappa shape index (κ1) is 12.9. The first-order valence-corrected chi connectivity index (χ1v) is 8.23. The molecule has 2 atom stereocenters. The zero-order valence-electron chi connectivity index (χ0n) is 11.9. The van der Waals surface area contributed by atoms with Crippen molar-refractivity contribution < 1.29 is 4.74 Å². The van der Waals surface area contributed by atoms with Gasteiger partial charge >= 0.3 is 0 Å². The quantitative estimate of drug-likeness (QED) is 0.770. The van der Waals surface area contributed by atoms with E-state index in [1.54, 1.807) is 0 Å². The van der Waals surface area contributed by atoms with Crippen molar-refractivity contribution in [2.24, 2.45) is 5.41 Å². The monoisotopic (exact) mass is 251 g/mol. The molecule has 0 aromatic rings. The van der Waals surface area contributed by atoms with Crippen LogP contribution in [0.1, 0.15) is 71.1 Å². The lowest BCUT2D eigenvalue weighted by Gasteiger charge is -2.62. The molecule has 3 aliphatic carbocycles. The van der Waals surface area contributed by atoms with Crippen LogP contribution in [0.25, 0.3) is 0 Å². The molecule has 2 unspecified atom stereocenters. The molecule has 0 bridgehead atoms. The first-order valence-electron chi connectivity index (χ1n) is 8.23. The molecule has 0 heterocycles. The molecular formula is C16H29NO. The molecule has 0 amide bonds. The molecule has 1 spiro atoms. The molecule has 0 aromatic carbocycles. The van der Waals surface area contributed by atoms with E-state index < -0.39 is 0 Å². The molecule has 0 saturated heterocycles. The Hall–Kier alpha value is -0.0800. The highest BCUT2D eigenvalue weighted by atomic mass is 16.5. The van der Waals surface area contributed by atoms with Gasteiger partial charge in [0.25, 0.3) is 0 Å². The topological polar surface area (TPSA) is 21.3 Å². The van der Waals surface area contributed by atoms with Gasteiger partial charge in [-0.2, -0.15) is 0 Å². The van der Waals surface area contributed by atoms with Crippen molar-refractivity contribution >= 4 is 0 Å². The van der Waals surface area contributed by atoms with E-state index in [9.17, 15) is 0 Å². The van der Waals surface area contributed by atoms with Gasteiger partial charge in [0.2, 0.25) is 0 Å². The van der Waals surface area contributed by atoms with Crippen molar-refractivity contribution in [1.82, 2.24) is 5.32 Å². The summed E-state index contributed by atoms with van der Waals surface area (Å²) in [6, 6.07) is 1.57. The van der Waals surface area contributed by atoms with E-state index >= 15 is 0 Å². The van der Waals surface area contributed by atoms with Gasteiger partial charge in [0.05, 0.1) is 6.10 Å². The summed E-state index contributed by atoms with van der Waals surface area (Å²) in [4.78, 5) is 0. The van der Waals surface area contributed by atoms with Crippen LogP contribution < -0.4 is 5.32 Å². The third-order valence-electron chi connectivity index (χ3n) is 5.73. The summed E-state index contributed by atoms with van der Waals surface area (Å²) in [5, 5.41) is 4.00. The van der Waals surface area contributed by atoms with Crippen molar-refractivity contribution in [3.05, 3.63) is 0 Å². The molecule has 1 N–H and O–H groups in total. The Bertz CT molecular complexity index is 266. The summed E-state index contributed by atoms with van der Waals surface area (Å²) in [6.45, 7) is 3.03. The summed E-state index contributed by atoms with van der Waals surface area (Å²) in [6.07, 6.45) is 14.7. The van der Waals surface area contributed by atoms with E-state index in [1.165, 1.54) is 64.2 Å². The number of hydrogen-bond acceptors (Lipinski definition) is 2. The van der Waals surface area contributed by atoms with Crippen LogP contribution in [-0.2, 0) is 4.74 Å². The van der Waals surface area contributed by atoms with E-state index in [0.717, 1.165) is 18.7 Å². The van der Waals surface area contributed by atoms with E-state index in [2.05, 4.69) is 12.2 Å². The van der Waals surface area contributed by atoms with Gasteiger partial charge in [-0.3, -0.25) is 0 Å². The molecule has 104 valence electrons. The Balaban J connectivity index is 1.53. The normalized spacial score (nSPS) is 35.8. The lowest BCUT2D eigenvalue weighted by atomic mass is 9.51. The molecule has 2 nitrogen and oxygen atoms in total. The fraction of sp³-hybridized carbons (Fsp3) is 1.00. The van der Waals surface area contributed by atoms with Crippen LogP contribution in [0, 0.1) is 5.41 Å². The first-order chi connectivity index (χ1) is 8.85. The van der Waals surface area contributed by atoms with Crippen LogP contribution in [0.2, 0.25) is 0 Å². The van der Waals surface area contributed by atoms with Gasteiger partial charge in [0.15, 0.2) is 0 Å². The van der Waals surface area contributed by atoms with Crippen molar-refractivity contribution in [3.63, 3.8) is 0 Å². The van der Waals surface area contributed by atoms with Gasteiger partial charge < -0.3 is 10.1 Å². The van der Waals surface area contributed by atoms with Crippen LogP contribution in [0.4, 0.5) is 0 Å². The van der Waals surface area contributed by atoms with Crippen LogP contribution in [0.3, 0.4) is 0 Å². The molecule has 0 aromatic heterocycles. The van der Waals surface area contributed by atoms with Crippen LogP contribution in [-0.4, -0.2) is 24.8 Å². The number of hydrogen-bond donors (Lipinski definition) is 1. The van der Waals surface area contributed by atoms with Gasteiger partial charge in [0, 0.05) is 24.1 Å². The van der Waals surface area contributed by atoms with Gasteiger partial charge in [-0.15, -0.1) is 0 Å². The van der Waals surface area contributed by atoms with Crippen molar-refractivity contribution in [2.75, 3.05) is 6.61 Å². The molecular weight excluding hydrogens is 222 g/mol. The molecule has 3 fully saturated rings. The highest BCUT2D eigenvalue weighted by Gasteiger charge is 2.58. The Morgan fingerprint density at radius 1 is 1.06 bits per heavy atom. The fourth-order valence-electron chi connectivity index (χ4n) is 4.40. The largest absolute Gasteiger partial charge is 0.378 e. The molecule has 3 rings (SSSR count). The molecule has 18 heavy (non-hydrogen) atoms. The predicted octanol–water partition coefficient (Wildman–Crippen LogP) is 3.65. The molecule has 3 aliphatic rings. The molecule has 2 heteroatoms. The maximum atomic E-state index is 5.94. The SMILES string of the molecule is CCOC1CC(NC2CCCCCC2)C12CCC2. The van der Waals surface area contributed by atoms with E-state index in [1.807, 2.05) is 0 Å². The molecule has 0 radical (unpaired) electrons.